The summed E-state index contributed by atoms with van der Waals surface area (Å²) in [7, 11) is 1.46. The van der Waals surface area contributed by atoms with Gasteiger partial charge in [-0.1, -0.05) is 18.9 Å². The van der Waals surface area contributed by atoms with Crippen molar-refractivity contribution in [3.8, 4) is 11.5 Å². The van der Waals surface area contributed by atoms with Crippen molar-refractivity contribution in [3.05, 3.63) is 45.6 Å². The third kappa shape index (κ3) is 7.11. The zero-order chi connectivity index (χ0) is 26.9. The van der Waals surface area contributed by atoms with Gasteiger partial charge in [-0.2, -0.15) is 0 Å². The van der Waals surface area contributed by atoms with Gasteiger partial charge in [0.05, 0.1) is 23.3 Å². The van der Waals surface area contributed by atoms with E-state index in [1.54, 1.807) is 29.2 Å². The number of hydrogen-bond acceptors (Lipinski definition) is 7. The smallest absolute Gasteiger partial charge is 0.247 e. The van der Waals surface area contributed by atoms with Gasteiger partial charge >= 0.3 is 0 Å². The van der Waals surface area contributed by atoms with Crippen LogP contribution in [0.5, 0.6) is 11.5 Å². The van der Waals surface area contributed by atoms with E-state index in [1.165, 1.54) is 7.11 Å². The average Bonchev–Trinajstić information content (AvgIpc) is 3.43. The molecule has 0 aromatic heterocycles. The third-order valence-corrected chi connectivity index (χ3v) is 7.58. The monoisotopic (exact) mass is 626 g/mol. The molecule has 2 aliphatic carbocycles. The van der Waals surface area contributed by atoms with Crippen molar-refractivity contribution in [1.82, 2.24) is 10.2 Å². The van der Waals surface area contributed by atoms with Crippen LogP contribution in [-0.4, -0.2) is 77.8 Å². The molecule has 1 fully saturated rings. The molecule has 3 N–H and O–H groups in total. The number of carbonyl (C=O) groups excluding carboxylic acids is 3. The molecule has 0 aliphatic heterocycles. The molecule has 2 aliphatic rings. The number of methoxy groups -OCH3 is 1. The molecule has 0 radical (unpaired) electrons. The van der Waals surface area contributed by atoms with Gasteiger partial charge in [-0.25, -0.2) is 0 Å². The molecule has 0 spiro atoms. The molecule has 2 amide bonds. The van der Waals surface area contributed by atoms with Crippen molar-refractivity contribution in [2.24, 2.45) is 0 Å². The maximum Gasteiger partial charge on any atom is 0.247 e. The summed E-state index contributed by atoms with van der Waals surface area (Å²) in [6.07, 6.45) is 6.50. The second kappa shape index (κ2) is 13.9. The molecule has 0 bridgehead atoms. The highest BCUT2D eigenvalue weighted by atomic mass is 127. The molecule has 0 heterocycles. The van der Waals surface area contributed by atoms with Gasteiger partial charge < -0.3 is 29.9 Å². The number of nitrogens with one attached hydrogen (secondary N) is 1. The largest absolute Gasteiger partial charge is 0.493 e. The molecule has 1 aromatic carbocycles. The summed E-state index contributed by atoms with van der Waals surface area (Å²) in [6, 6.07) is 2.47. The standard InChI is InChI=1S/C27H35IN2O7/c1-3-4-9-24(33)30(19-7-5-6-8-19)21-14-18(27(35)29-10-11-31)15-22(25(21)34)37-26-20(28)12-17(16-32)13-23(26)36-2/h3,12-13,15-16,19,21-22,25,31,34H,1,4-11,14H2,2H3,(H,29,35). The zero-order valence-electron chi connectivity index (χ0n) is 21.0. The quantitative estimate of drug-likeness (QED) is 0.185. The SMILES string of the molecule is C=CCCC(=O)N(C1CCCC1)C1CC(C(=O)NCCO)=CC(Oc2c(I)cc(C=O)cc2OC)C1O. The van der Waals surface area contributed by atoms with E-state index in [-0.39, 0.29) is 43.8 Å². The second-order valence-corrected chi connectivity index (χ2v) is 10.4. The van der Waals surface area contributed by atoms with Crippen molar-refractivity contribution >= 4 is 40.7 Å². The molecule has 1 aromatic rings. The Balaban J connectivity index is 2.01. The molecule has 3 rings (SSSR count). The number of benzene rings is 1. The van der Waals surface area contributed by atoms with Crippen LogP contribution in [0.1, 0.15) is 55.3 Å². The van der Waals surface area contributed by atoms with E-state index in [1.807, 2.05) is 22.6 Å². The highest BCUT2D eigenvalue weighted by molar-refractivity contribution is 14.1. The van der Waals surface area contributed by atoms with E-state index in [2.05, 4.69) is 11.9 Å². The van der Waals surface area contributed by atoms with Crippen LogP contribution in [0.15, 0.2) is 36.4 Å². The highest BCUT2D eigenvalue weighted by Gasteiger charge is 2.43. The Bertz CT molecular complexity index is 1020. The first kappa shape index (κ1) is 29.1. The van der Waals surface area contributed by atoms with Crippen LogP contribution in [-0.2, 0) is 9.59 Å². The molecular formula is C27H35IN2O7. The second-order valence-electron chi connectivity index (χ2n) is 9.23. The summed E-state index contributed by atoms with van der Waals surface area (Å²) < 4.78 is 12.3. The lowest BCUT2D eigenvalue weighted by molar-refractivity contribution is -0.142. The molecule has 9 nitrogen and oxygen atoms in total. The normalized spacial score (nSPS) is 21.6. The third-order valence-electron chi connectivity index (χ3n) is 6.78. The maximum absolute atomic E-state index is 13.4. The van der Waals surface area contributed by atoms with Crippen LogP contribution in [0.2, 0.25) is 0 Å². The number of amides is 2. The minimum absolute atomic E-state index is 0.0287. The summed E-state index contributed by atoms with van der Waals surface area (Å²) in [4.78, 5) is 39.4. The number of nitrogens with zero attached hydrogens (tertiary/aromatic N) is 1. The van der Waals surface area contributed by atoms with E-state index in [4.69, 9.17) is 9.47 Å². The van der Waals surface area contributed by atoms with Crippen molar-refractivity contribution in [2.75, 3.05) is 20.3 Å². The molecule has 37 heavy (non-hydrogen) atoms. The fourth-order valence-electron chi connectivity index (χ4n) is 5.00. The van der Waals surface area contributed by atoms with E-state index in [9.17, 15) is 24.6 Å². The van der Waals surface area contributed by atoms with Crippen LogP contribution >= 0.6 is 22.6 Å². The molecule has 10 heteroatoms. The number of allylic oxidation sites excluding steroid dienone is 1. The molecular weight excluding hydrogens is 591 g/mol. The number of aliphatic hydroxyl groups is 2. The Morgan fingerprint density at radius 2 is 2.03 bits per heavy atom. The number of aldehydes is 1. The minimum Gasteiger partial charge on any atom is -0.493 e. The molecule has 202 valence electrons. The number of aliphatic hydroxyl groups excluding tert-OH is 2. The minimum atomic E-state index is -1.12. The molecule has 3 atom stereocenters. The first-order valence-electron chi connectivity index (χ1n) is 12.5. The lowest BCUT2D eigenvalue weighted by Gasteiger charge is -2.43. The van der Waals surface area contributed by atoms with Crippen LogP contribution in [0.3, 0.4) is 0 Å². The summed E-state index contributed by atoms with van der Waals surface area (Å²) in [5.74, 6) is 0.171. The van der Waals surface area contributed by atoms with Gasteiger partial charge in [0.25, 0.3) is 0 Å². The first-order chi connectivity index (χ1) is 17.8. The van der Waals surface area contributed by atoms with E-state index >= 15 is 0 Å². The molecule has 1 saturated carbocycles. The van der Waals surface area contributed by atoms with Crippen molar-refractivity contribution in [3.63, 3.8) is 0 Å². The summed E-state index contributed by atoms with van der Waals surface area (Å²) in [5, 5.41) is 23.4. The fourth-order valence-corrected chi connectivity index (χ4v) is 5.76. The molecule has 3 unspecified atom stereocenters. The Morgan fingerprint density at radius 1 is 1.30 bits per heavy atom. The maximum atomic E-state index is 13.4. The van der Waals surface area contributed by atoms with Gasteiger partial charge in [-0.3, -0.25) is 14.4 Å². The predicted molar refractivity (Wildman–Crippen MR) is 147 cm³/mol. The van der Waals surface area contributed by atoms with Crippen LogP contribution < -0.4 is 14.8 Å². The van der Waals surface area contributed by atoms with E-state index in [0.29, 0.717) is 38.9 Å². The Hall–Kier alpha value is -2.44. The average molecular weight is 626 g/mol. The van der Waals surface area contributed by atoms with E-state index < -0.39 is 18.2 Å². The van der Waals surface area contributed by atoms with Crippen molar-refractivity contribution in [2.45, 2.75) is 69.2 Å². The topological polar surface area (TPSA) is 125 Å². The Morgan fingerprint density at radius 3 is 2.65 bits per heavy atom. The first-order valence-corrected chi connectivity index (χ1v) is 13.6. The van der Waals surface area contributed by atoms with Crippen molar-refractivity contribution < 1.29 is 34.1 Å². The molecule has 0 saturated heterocycles. The van der Waals surface area contributed by atoms with Crippen molar-refractivity contribution in [1.29, 1.82) is 0 Å². The Kier molecular flexibility index (Phi) is 11.0. The predicted octanol–water partition coefficient (Wildman–Crippen LogP) is 2.77. The summed E-state index contributed by atoms with van der Waals surface area (Å²) in [5.41, 5.74) is 0.780. The number of hydrogen-bond donors (Lipinski definition) is 3. The highest BCUT2D eigenvalue weighted by Crippen LogP contribution is 2.38. The number of ether oxygens (including phenoxy) is 2. The van der Waals surface area contributed by atoms with Crippen LogP contribution in [0.4, 0.5) is 0 Å². The van der Waals surface area contributed by atoms with Crippen LogP contribution in [0.25, 0.3) is 0 Å². The van der Waals surface area contributed by atoms with Gasteiger partial charge in [0.2, 0.25) is 11.8 Å². The number of carbonyl (C=O) groups is 3. The van der Waals surface area contributed by atoms with Gasteiger partial charge in [-0.15, -0.1) is 6.58 Å². The Labute approximate surface area is 231 Å². The summed E-state index contributed by atoms with van der Waals surface area (Å²) in [6.45, 7) is 3.59. The lowest BCUT2D eigenvalue weighted by atomic mass is 9.87. The van der Waals surface area contributed by atoms with E-state index in [0.717, 1.165) is 25.7 Å². The summed E-state index contributed by atoms with van der Waals surface area (Å²) >= 11 is 2.03. The van der Waals surface area contributed by atoms with Gasteiger partial charge in [-0.05, 0) is 60.1 Å². The van der Waals surface area contributed by atoms with Gasteiger partial charge in [0.1, 0.15) is 18.5 Å². The van der Waals surface area contributed by atoms with Gasteiger partial charge in [0, 0.05) is 36.6 Å². The fraction of sp³-hybridized carbons (Fsp3) is 0.519. The number of halogens is 1. The number of rotatable bonds is 12. The van der Waals surface area contributed by atoms with Gasteiger partial charge in [0.15, 0.2) is 11.5 Å². The van der Waals surface area contributed by atoms with Crippen LogP contribution in [0, 0.1) is 3.57 Å². The lowest BCUT2D eigenvalue weighted by Crippen LogP contribution is -2.57. The zero-order valence-corrected chi connectivity index (χ0v) is 23.2.